The van der Waals surface area contributed by atoms with E-state index in [1.54, 1.807) is 0 Å². The van der Waals surface area contributed by atoms with E-state index in [-0.39, 0.29) is 5.92 Å². The molecule has 3 rings (SSSR count). The maximum Gasteiger partial charge on any atom is 0.162 e. The molecule has 2 aliphatic rings. The lowest BCUT2D eigenvalue weighted by atomic mass is 9.81. The minimum atomic E-state index is 0.172. The average Bonchev–Trinajstić information content (AvgIpc) is 2.54. The summed E-state index contributed by atoms with van der Waals surface area (Å²) in [6.07, 6.45) is 4.61. The third kappa shape index (κ3) is 3.29. The van der Waals surface area contributed by atoms with Crippen LogP contribution in [-0.2, 0) is 0 Å². The molecule has 0 saturated heterocycles. The molecule has 0 spiro atoms. The number of rotatable bonds is 3. The number of benzene rings is 1. The topological polar surface area (TPSA) is 42.2 Å². The van der Waals surface area contributed by atoms with E-state index in [4.69, 9.17) is 9.47 Å². The molecule has 3 nitrogen and oxygen atoms in total. The second kappa shape index (κ2) is 6.62. The highest BCUT2D eigenvalue weighted by Gasteiger charge is 2.30. The van der Waals surface area contributed by atoms with Crippen LogP contribution in [0.4, 0.5) is 0 Å². The summed E-state index contributed by atoms with van der Waals surface area (Å²) in [4.78, 5) is 1.18. The number of nitriles is 1. The maximum atomic E-state index is 9.38. The van der Waals surface area contributed by atoms with E-state index in [1.807, 2.05) is 17.8 Å². The molecular weight excluding hydrogens is 282 g/mol. The van der Waals surface area contributed by atoms with Gasteiger partial charge in [0, 0.05) is 10.1 Å². The summed E-state index contributed by atoms with van der Waals surface area (Å²) >= 11 is 1.83. The molecule has 3 unspecified atom stereocenters. The zero-order valence-corrected chi connectivity index (χ0v) is 13.2. The van der Waals surface area contributed by atoms with Crippen LogP contribution in [0.15, 0.2) is 23.1 Å². The van der Waals surface area contributed by atoms with Gasteiger partial charge in [-0.3, -0.25) is 0 Å². The fraction of sp³-hybridized carbons (Fsp3) is 0.588. The predicted molar refractivity (Wildman–Crippen MR) is 83.8 cm³/mol. The van der Waals surface area contributed by atoms with Gasteiger partial charge in [0.1, 0.15) is 13.2 Å². The highest BCUT2D eigenvalue weighted by molar-refractivity contribution is 8.00. The van der Waals surface area contributed by atoms with E-state index in [1.165, 1.54) is 17.7 Å². The molecule has 0 aromatic heterocycles. The summed E-state index contributed by atoms with van der Waals surface area (Å²) < 4.78 is 11.2. The van der Waals surface area contributed by atoms with Gasteiger partial charge in [0.25, 0.3) is 0 Å². The lowest BCUT2D eigenvalue weighted by Crippen LogP contribution is -2.26. The summed E-state index contributed by atoms with van der Waals surface area (Å²) in [6, 6.07) is 8.63. The number of ether oxygens (including phenoxy) is 2. The first-order chi connectivity index (χ1) is 10.3. The first kappa shape index (κ1) is 14.6. The van der Waals surface area contributed by atoms with Crippen molar-refractivity contribution in [2.75, 3.05) is 13.2 Å². The van der Waals surface area contributed by atoms with E-state index in [0.717, 1.165) is 30.3 Å². The number of nitrogens with zero attached hydrogens (tertiary/aromatic N) is 1. The Morgan fingerprint density at radius 1 is 1.24 bits per heavy atom. The van der Waals surface area contributed by atoms with Crippen LogP contribution in [-0.4, -0.2) is 18.5 Å². The van der Waals surface area contributed by atoms with Gasteiger partial charge in [0.05, 0.1) is 12.0 Å². The molecule has 112 valence electrons. The van der Waals surface area contributed by atoms with Crippen LogP contribution < -0.4 is 9.47 Å². The summed E-state index contributed by atoms with van der Waals surface area (Å²) in [5.74, 6) is 2.61. The molecule has 1 aromatic carbocycles. The Bertz CT molecular complexity index is 540. The maximum absolute atomic E-state index is 9.38. The smallest absolute Gasteiger partial charge is 0.162 e. The second-order valence-corrected chi connectivity index (χ2v) is 7.10. The minimum absolute atomic E-state index is 0.172. The average molecular weight is 303 g/mol. The van der Waals surface area contributed by atoms with Crippen molar-refractivity contribution in [2.24, 2.45) is 11.8 Å². The quantitative estimate of drug-likeness (QED) is 0.836. The van der Waals surface area contributed by atoms with Gasteiger partial charge in [-0.2, -0.15) is 5.26 Å². The molecule has 1 saturated carbocycles. The summed E-state index contributed by atoms with van der Waals surface area (Å²) in [7, 11) is 0. The minimum Gasteiger partial charge on any atom is -0.486 e. The van der Waals surface area contributed by atoms with Crippen LogP contribution in [0.25, 0.3) is 0 Å². The lowest BCUT2D eigenvalue weighted by molar-refractivity contribution is 0.171. The van der Waals surface area contributed by atoms with Crippen molar-refractivity contribution >= 4 is 11.8 Å². The van der Waals surface area contributed by atoms with Crippen LogP contribution in [0.1, 0.15) is 32.6 Å². The van der Waals surface area contributed by atoms with Crippen molar-refractivity contribution in [1.29, 1.82) is 5.26 Å². The fourth-order valence-electron chi connectivity index (χ4n) is 3.13. The Balaban J connectivity index is 1.73. The number of hydrogen-bond acceptors (Lipinski definition) is 4. The molecule has 3 atom stereocenters. The monoisotopic (exact) mass is 303 g/mol. The standard InChI is InChI=1S/C17H21NO2S/c1-2-12-3-4-13(11-18)17(9-12)21-14-5-6-15-16(10-14)20-8-7-19-15/h5-6,10,12-13,17H,2-4,7-9H2,1H3. The molecule has 1 fully saturated rings. The van der Waals surface area contributed by atoms with Gasteiger partial charge >= 0.3 is 0 Å². The Labute approximate surface area is 130 Å². The van der Waals surface area contributed by atoms with Gasteiger partial charge in [-0.05, 0) is 43.4 Å². The van der Waals surface area contributed by atoms with Gasteiger partial charge < -0.3 is 9.47 Å². The van der Waals surface area contributed by atoms with E-state index < -0.39 is 0 Å². The highest BCUT2D eigenvalue weighted by atomic mass is 32.2. The van der Waals surface area contributed by atoms with E-state index in [2.05, 4.69) is 25.1 Å². The largest absolute Gasteiger partial charge is 0.486 e. The SMILES string of the molecule is CCC1CCC(C#N)C(Sc2ccc3c(c2)OCCO3)C1. The Hall–Kier alpha value is -1.34. The molecule has 1 heterocycles. The van der Waals surface area contributed by atoms with Gasteiger partial charge in [-0.25, -0.2) is 0 Å². The highest BCUT2D eigenvalue weighted by Crippen LogP contribution is 2.42. The van der Waals surface area contributed by atoms with Crippen molar-refractivity contribution in [2.45, 2.75) is 42.8 Å². The van der Waals surface area contributed by atoms with E-state index in [9.17, 15) is 5.26 Å². The van der Waals surface area contributed by atoms with Gasteiger partial charge in [0.15, 0.2) is 11.5 Å². The fourth-order valence-corrected chi connectivity index (χ4v) is 4.53. The van der Waals surface area contributed by atoms with Crippen LogP contribution in [0.3, 0.4) is 0 Å². The third-order valence-corrected chi connectivity index (χ3v) is 5.79. The van der Waals surface area contributed by atoms with Crippen LogP contribution >= 0.6 is 11.8 Å². The van der Waals surface area contributed by atoms with Crippen LogP contribution in [0, 0.1) is 23.2 Å². The molecule has 1 aromatic rings. The van der Waals surface area contributed by atoms with Crippen LogP contribution in [0.2, 0.25) is 0 Å². The van der Waals surface area contributed by atoms with Crippen molar-refractivity contribution in [3.63, 3.8) is 0 Å². The van der Waals surface area contributed by atoms with Crippen molar-refractivity contribution < 1.29 is 9.47 Å². The molecule has 0 N–H and O–H groups in total. The van der Waals surface area contributed by atoms with E-state index in [0.29, 0.717) is 18.5 Å². The van der Waals surface area contributed by atoms with Crippen molar-refractivity contribution in [3.8, 4) is 17.6 Å². The van der Waals surface area contributed by atoms with Gasteiger partial charge in [-0.15, -0.1) is 11.8 Å². The van der Waals surface area contributed by atoms with E-state index >= 15 is 0 Å². The summed E-state index contributed by atoms with van der Waals surface area (Å²) in [6.45, 7) is 3.49. The zero-order chi connectivity index (χ0) is 14.7. The molecule has 0 radical (unpaired) electrons. The van der Waals surface area contributed by atoms with Crippen molar-refractivity contribution in [1.82, 2.24) is 0 Å². The summed E-state index contributed by atoms with van der Waals surface area (Å²) in [5.41, 5.74) is 0. The predicted octanol–water partition coefficient (Wildman–Crippen LogP) is 4.27. The van der Waals surface area contributed by atoms with Gasteiger partial charge in [0.2, 0.25) is 0 Å². The molecular formula is C17H21NO2S. The summed E-state index contributed by atoms with van der Waals surface area (Å²) in [5, 5.41) is 9.78. The molecule has 4 heteroatoms. The normalized spacial score (nSPS) is 27.9. The molecule has 1 aliphatic carbocycles. The number of fused-ring (bicyclic) bond motifs is 1. The first-order valence-corrected chi connectivity index (χ1v) is 8.64. The Morgan fingerprint density at radius 3 is 2.81 bits per heavy atom. The Morgan fingerprint density at radius 2 is 2.05 bits per heavy atom. The Kier molecular flexibility index (Phi) is 4.60. The number of thioether (sulfide) groups is 1. The lowest BCUT2D eigenvalue weighted by Gasteiger charge is -2.32. The molecule has 21 heavy (non-hydrogen) atoms. The van der Waals surface area contributed by atoms with Crippen molar-refractivity contribution in [3.05, 3.63) is 18.2 Å². The third-order valence-electron chi connectivity index (χ3n) is 4.44. The molecule has 0 amide bonds. The zero-order valence-electron chi connectivity index (χ0n) is 12.4. The molecule has 0 bridgehead atoms. The number of hydrogen-bond donors (Lipinski definition) is 0. The van der Waals surface area contributed by atoms with Crippen LogP contribution in [0.5, 0.6) is 11.5 Å². The second-order valence-electron chi connectivity index (χ2n) is 5.78. The first-order valence-electron chi connectivity index (χ1n) is 7.76. The van der Waals surface area contributed by atoms with Gasteiger partial charge in [-0.1, -0.05) is 13.3 Å². The molecule has 1 aliphatic heterocycles.